The van der Waals surface area contributed by atoms with Crippen molar-refractivity contribution in [3.05, 3.63) is 74.8 Å². The number of benzene rings is 2. The lowest BCUT2D eigenvalue weighted by Gasteiger charge is -2.08. The summed E-state index contributed by atoms with van der Waals surface area (Å²) in [7, 11) is 0. The van der Waals surface area contributed by atoms with Crippen LogP contribution in [0, 0.1) is 24.0 Å². The predicted molar refractivity (Wildman–Crippen MR) is 110 cm³/mol. The molecule has 7 heteroatoms. The smallest absolute Gasteiger partial charge is 0.306 e. The van der Waals surface area contributed by atoms with E-state index in [0.717, 1.165) is 18.4 Å². The molecular formula is C22H26N2O5. The van der Waals surface area contributed by atoms with Gasteiger partial charge < -0.3 is 10.1 Å². The van der Waals surface area contributed by atoms with Crippen molar-refractivity contribution in [2.75, 3.05) is 6.54 Å². The fourth-order valence-corrected chi connectivity index (χ4v) is 3.06. The molecule has 0 aromatic heterocycles. The van der Waals surface area contributed by atoms with Crippen LogP contribution in [0.5, 0.6) is 0 Å². The number of aryl methyl sites for hydroxylation is 2. The lowest BCUT2D eigenvalue weighted by atomic mass is 10.0. The fourth-order valence-electron chi connectivity index (χ4n) is 3.06. The first kappa shape index (κ1) is 22.1. The predicted octanol–water partition coefficient (Wildman–Crippen LogP) is 4.25. The summed E-state index contributed by atoms with van der Waals surface area (Å²) >= 11 is 0. The molecule has 7 nitrogen and oxygen atoms in total. The number of carbonyl (C=O) groups is 2. The van der Waals surface area contributed by atoms with Crippen LogP contribution in [0.1, 0.15) is 52.7 Å². The van der Waals surface area contributed by atoms with Crippen LogP contribution in [0.4, 0.5) is 5.69 Å². The van der Waals surface area contributed by atoms with Gasteiger partial charge in [-0.3, -0.25) is 19.7 Å². The second-order valence-electron chi connectivity index (χ2n) is 6.93. The lowest BCUT2D eigenvalue weighted by molar-refractivity contribution is -0.386. The number of nitro groups is 1. The van der Waals surface area contributed by atoms with Crippen molar-refractivity contribution in [1.82, 2.24) is 5.32 Å². The summed E-state index contributed by atoms with van der Waals surface area (Å²) in [6.45, 7) is 4.01. The molecule has 0 atom stereocenters. The number of nitrogens with zero attached hydrogens (tertiary/aromatic N) is 1. The number of carbonyl (C=O) groups excluding carboxylic acids is 2. The Morgan fingerprint density at radius 3 is 2.31 bits per heavy atom. The highest BCUT2D eigenvalue weighted by molar-refractivity contribution is 5.95. The Morgan fingerprint density at radius 2 is 1.69 bits per heavy atom. The minimum Gasteiger partial charge on any atom is -0.461 e. The molecule has 154 valence electrons. The molecule has 0 unspecified atom stereocenters. The number of esters is 1. The number of hydrogen-bond acceptors (Lipinski definition) is 5. The minimum atomic E-state index is -0.433. The zero-order chi connectivity index (χ0) is 21.2. The van der Waals surface area contributed by atoms with Crippen LogP contribution in [0.15, 0.2) is 42.5 Å². The number of nitrogens with one attached hydrogen (secondary N) is 1. The monoisotopic (exact) mass is 398 g/mol. The molecule has 0 saturated carbocycles. The summed E-state index contributed by atoms with van der Waals surface area (Å²) in [5, 5.41) is 13.8. The highest BCUT2D eigenvalue weighted by Gasteiger charge is 2.17. The third-order valence-electron chi connectivity index (χ3n) is 4.52. The van der Waals surface area contributed by atoms with Crippen molar-refractivity contribution in [2.24, 2.45) is 0 Å². The van der Waals surface area contributed by atoms with Crippen LogP contribution in [-0.4, -0.2) is 23.3 Å². The zero-order valence-electron chi connectivity index (χ0n) is 16.8. The second-order valence-corrected chi connectivity index (χ2v) is 6.93. The molecule has 2 rings (SSSR count). The van der Waals surface area contributed by atoms with Gasteiger partial charge >= 0.3 is 5.97 Å². The minimum absolute atomic E-state index is 0.0423. The van der Waals surface area contributed by atoms with Crippen molar-refractivity contribution >= 4 is 17.6 Å². The van der Waals surface area contributed by atoms with E-state index in [0.29, 0.717) is 36.1 Å². The van der Waals surface area contributed by atoms with Crippen LogP contribution in [-0.2, 0) is 16.1 Å². The Balaban J connectivity index is 1.64. The van der Waals surface area contributed by atoms with E-state index >= 15 is 0 Å². The summed E-state index contributed by atoms with van der Waals surface area (Å²) in [5.74, 6) is -0.483. The van der Waals surface area contributed by atoms with Gasteiger partial charge in [-0.25, -0.2) is 0 Å². The van der Waals surface area contributed by atoms with Gasteiger partial charge in [0.1, 0.15) is 6.61 Å². The standard InChI is InChI=1S/C22H26N2O5/c1-16-13-19(14-17(2)21(16)24(27)28)22(26)23-12-8-4-7-11-20(25)29-15-18-9-5-3-6-10-18/h3,5-6,9-10,13-14H,4,7-8,11-12,15H2,1-2H3,(H,23,26). The molecule has 0 radical (unpaired) electrons. The van der Waals surface area contributed by atoms with E-state index in [9.17, 15) is 19.7 Å². The quantitative estimate of drug-likeness (QED) is 0.279. The third kappa shape index (κ3) is 7.03. The Kier molecular flexibility index (Phi) is 8.33. The van der Waals surface area contributed by atoms with Crippen LogP contribution >= 0.6 is 0 Å². The molecule has 29 heavy (non-hydrogen) atoms. The first-order valence-corrected chi connectivity index (χ1v) is 9.62. The number of ether oxygens (including phenoxy) is 1. The van der Waals surface area contributed by atoms with E-state index < -0.39 is 4.92 Å². The molecule has 2 aromatic rings. The maximum atomic E-state index is 12.2. The number of rotatable bonds is 10. The number of amides is 1. The van der Waals surface area contributed by atoms with Crippen molar-refractivity contribution in [1.29, 1.82) is 0 Å². The van der Waals surface area contributed by atoms with Crippen molar-refractivity contribution in [2.45, 2.75) is 46.1 Å². The van der Waals surface area contributed by atoms with Crippen LogP contribution in [0.25, 0.3) is 0 Å². The van der Waals surface area contributed by atoms with E-state index in [1.54, 1.807) is 13.8 Å². The fraction of sp³-hybridized carbons (Fsp3) is 0.364. The van der Waals surface area contributed by atoms with Gasteiger partial charge in [0.25, 0.3) is 11.6 Å². The topological polar surface area (TPSA) is 98.5 Å². The molecule has 0 aliphatic rings. The summed E-state index contributed by atoms with van der Waals surface area (Å²) in [6, 6.07) is 12.6. The number of unbranched alkanes of at least 4 members (excludes halogenated alkanes) is 2. The van der Waals surface area contributed by atoms with Gasteiger partial charge in [-0.05, 0) is 44.4 Å². The number of nitro benzene ring substituents is 1. The van der Waals surface area contributed by atoms with Gasteiger partial charge in [0.05, 0.1) is 4.92 Å². The number of hydrogen-bond donors (Lipinski definition) is 1. The molecule has 0 bridgehead atoms. The largest absolute Gasteiger partial charge is 0.461 e. The van der Waals surface area contributed by atoms with E-state index in [4.69, 9.17) is 4.74 Å². The molecule has 2 aromatic carbocycles. The highest BCUT2D eigenvalue weighted by Crippen LogP contribution is 2.24. The molecule has 1 amide bonds. The molecule has 0 fully saturated rings. The summed E-state index contributed by atoms with van der Waals surface area (Å²) < 4.78 is 5.22. The van der Waals surface area contributed by atoms with Gasteiger partial charge in [-0.2, -0.15) is 0 Å². The molecule has 0 heterocycles. The van der Waals surface area contributed by atoms with Gasteiger partial charge in [0.2, 0.25) is 0 Å². The molecule has 0 aliphatic carbocycles. The van der Waals surface area contributed by atoms with Crippen LogP contribution in [0.2, 0.25) is 0 Å². The maximum Gasteiger partial charge on any atom is 0.306 e. The zero-order valence-corrected chi connectivity index (χ0v) is 16.8. The second kappa shape index (κ2) is 10.9. The SMILES string of the molecule is Cc1cc(C(=O)NCCCCCC(=O)OCc2ccccc2)cc(C)c1[N+](=O)[O-]. The first-order chi connectivity index (χ1) is 13.9. The summed E-state index contributed by atoms with van der Waals surface area (Å²) in [6.07, 6.45) is 2.57. The van der Waals surface area contributed by atoms with E-state index in [2.05, 4.69) is 5.32 Å². The molecule has 0 spiro atoms. The molecule has 0 aliphatic heterocycles. The average molecular weight is 398 g/mol. The van der Waals surface area contributed by atoms with Crippen molar-refractivity contribution in [3.63, 3.8) is 0 Å². The maximum absolute atomic E-state index is 12.2. The summed E-state index contributed by atoms with van der Waals surface area (Å²) in [4.78, 5) is 34.6. The van der Waals surface area contributed by atoms with Crippen LogP contribution in [0.3, 0.4) is 0 Å². The highest BCUT2D eigenvalue weighted by atomic mass is 16.6. The van der Waals surface area contributed by atoms with Gasteiger partial charge in [-0.15, -0.1) is 0 Å². The summed E-state index contributed by atoms with van der Waals surface area (Å²) in [5.41, 5.74) is 2.35. The van der Waals surface area contributed by atoms with Gasteiger partial charge in [0.15, 0.2) is 0 Å². The van der Waals surface area contributed by atoms with Crippen molar-refractivity contribution in [3.8, 4) is 0 Å². The average Bonchev–Trinajstić information content (AvgIpc) is 2.68. The van der Waals surface area contributed by atoms with Gasteiger partial charge in [0, 0.05) is 29.7 Å². The lowest BCUT2D eigenvalue weighted by Crippen LogP contribution is -2.24. The normalized spacial score (nSPS) is 10.4. The molecular weight excluding hydrogens is 372 g/mol. The van der Waals surface area contributed by atoms with Crippen LogP contribution < -0.4 is 5.32 Å². The molecule has 0 saturated heterocycles. The Morgan fingerprint density at radius 1 is 1.03 bits per heavy atom. The van der Waals surface area contributed by atoms with E-state index in [1.165, 1.54) is 12.1 Å². The molecule has 1 N–H and O–H groups in total. The Labute approximate surface area is 170 Å². The third-order valence-corrected chi connectivity index (χ3v) is 4.52. The van der Waals surface area contributed by atoms with E-state index in [1.807, 2.05) is 30.3 Å². The Bertz CT molecular complexity index is 842. The van der Waals surface area contributed by atoms with E-state index in [-0.39, 0.29) is 24.2 Å². The van der Waals surface area contributed by atoms with Gasteiger partial charge in [-0.1, -0.05) is 36.8 Å². The van der Waals surface area contributed by atoms with Crippen molar-refractivity contribution < 1.29 is 19.2 Å². The first-order valence-electron chi connectivity index (χ1n) is 9.62. The Hall–Kier alpha value is -3.22.